The highest BCUT2D eigenvalue weighted by Crippen LogP contribution is 2.39. The Kier molecular flexibility index (Phi) is 5.03. The molecular formula is C22H22N2O2S. The number of benzene rings is 2. The molecule has 0 atom stereocenters. The molecule has 2 amide bonds. The second-order valence-electron chi connectivity index (χ2n) is 7.14. The van der Waals surface area contributed by atoms with Crippen LogP contribution in [-0.2, 0) is 4.79 Å². The number of aryl methyl sites for hydroxylation is 1. The number of carbonyl (C=O) groups excluding carboxylic acids is 2. The average Bonchev–Trinajstić information content (AvgIpc) is 3.17. The number of anilines is 1. The molecule has 1 saturated carbocycles. The van der Waals surface area contributed by atoms with E-state index in [0.717, 1.165) is 23.3 Å². The van der Waals surface area contributed by atoms with Crippen LogP contribution < -0.4 is 10.6 Å². The number of hydrogen-bond donors (Lipinski definition) is 2. The number of nitrogens with one attached hydrogen (secondary N) is 2. The summed E-state index contributed by atoms with van der Waals surface area (Å²) >= 11 is 1.43. The van der Waals surface area contributed by atoms with E-state index < -0.39 is 0 Å². The van der Waals surface area contributed by atoms with Gasteiger partial charge in [-0.1, -0.05) is 54.4 Å². The summed E-state index contributed by atoms with van der Waals surface area (Å²) in [7, 11) is 0. The van der Waals surface area contributed by atoms with Gasteiger partial charge in [-0.2, -0.15) is 0 Å². The second-order valence-corrected chi connectivity index (χ2v) is 8.23. The normalized spacial score (nSPS) is 18.3. The standard InChI is InChI=1S/C22H22N2O2S/c1-14-6-8-15(9-7-14)12-20-22(26)24-18-13-16(10-11-19(18)27-20)21(25)23-17-4-2-3-5-17/h6-13,17H,2-5H2,1H3,(H,23,25)(H,24,26)/b20-12+. The van der Waals surface area contributed by atoms with E-state index >= 15 is 0 Å². The van der Waals surface area contributed by atoms with Crippen LogP contribution in [0, 0.1) is 6.92 Å². The molecule has 1 aliphatic carbocycles. The summed E-state index contributed by atoms with van der Waals surface area (Å²) in [4.78, 5) is 26.5. The Bertz CT molecular complexity index is 912. The van der Waals surface area contributed by atoms with Crippen molar-refractivity contribution < 1.29 is 9.59 Å². The predicted octanol–water partition coefficient (Wildman–Crippen LogP) is 4.75. The van der Waals surface area contributed by atoms with Crippen LogP contribution >= 0.6 is 11.8 Å². The fourth-order valence-corrected chi connectivity index (χ4v) is 4.39. The highest BCUT2D eigenvalue weighted by Gasteiger charge is 2.23. The topological polar surface area (TPSA) is 58.2 Å². The van der Waals surface area contributed by atoms with Crippen molar-refractivity contribution >= 4 is 35.3 Å². The van der Waals surface area contributed by atoms with Gasteiger partial charge in [0.15, 0.2) is 0 Å². The van der Waals surface area contributed by atoms with Crippen LogP contribution in [0.1, 0.15) is 47.2 Å². The van der Waals surface area contributed by atoms with Crippen molar-refractivity contribution in [1.82, 2.24) is 5.32 Å². The van der Waals surface area contributed by atoms with Crippen molar-refractivity contribution in [3.8, 4) is 0 Å². The van der Waals surface area contributed by atoms with Gasteiger partial charge in [0.05, 0.1) is 10.6 Å². The molecule has 0 aromatic heterocycles. The number of rotatable bonds is 3. The molecule has 5 heteroatoms. The van der Waals surface area contributed by atoms with Crippen LogP contribution in [-0.4, -0.2) is 17.9 Å². The summed E-state index contributed by atoms with van der Waals surface area (Å²) in [6.07, 6.45) is 6.35. The molecule has 2 aromatic rings. The molecule has 0 unspecified atom stereocenters. The summed E-state index contributed by atoms with van der Waals surface area (Å²) in [6.45, 7) is 2.04. The van der Waals surface area contributed by atoms with Crippen molar-refractivity contribution in [2.24, 2.45) is 0 Å². The maximum absolute atomic E-state index is 12.5. The zero-order valence-electron chi connectivity index (χ0n) is 15.2. The largest absolute Gasteiger partial charge is 0.349 e. The van der Waals surface area contributed by atoms with Crippen LogP contribution in [0.25, 0.3) is 6.08 Å². The van der Waals surface area contributed by atoms with Gasteiger partial charge in [0.1, 0.15) is 0 Å². The minimum atomic E-state index is -0.138. The molecule has 1 heterocycles. The maximum atomic E-state index is 12.5. The Hall–Kier alpha value is -2.53. The van der Waals surface area contributed by atoms with E-state index in [1.165, 1.54) is 30.2 Å². The molecule has 0 bridgehead atoms. The first kappa shape index (κ1) is 17.9. The highest BCUT2D eigenvalue weighted by molar-refractivity contribution is 8.04. The minimum absolute atomic E-state index is 0.0649. The molecule has 27 heavy (non-hydrogen) atoms. The fourth-order valence-electron chi connectivity index (χ4n) is 3.45. The first-order valence-electron chi connectivity index (χ1n) is 9.31. The molecule has 2 N–H and O–H groups in total. The Labute approximate surface area is 163 Å². The molecule has 2 aliphatic rings. The van der Waals surface area contributed by atoms with Gasteiger partial charge in [0.25, 0.3) is 11.8 Å². The van der Waals surface area contributed by atoms with Gasteiger partial charge in [0, 0.05) is 16.5 Å². The smallest absolute Gasteiger partial charge is 0.262 e. The lowest BCUT2D eigenvalue weighted by Gasteiger charge is -2.20. The zero-order valence-corrected chi connectivity index (χ0v) is 16.1. The molecule has 4 rings (SSSR count). The van der Waals surface area contributed by atoms with Crippen molar-refractivity contribution in [1.29, 1.82) is 0 Å². The highest BCUT2D eigenvalue weighted by atomic mass is 32.2. The summed E-state index contributed by atoms with van der Waals surface area (Å²) in [5, 5.41) is 6.01. The SMILES string of the molecule is Cc1ccc(/C=C2/Sc3ccc(C(=O)NC4CCCC4)cc3NC2=O)cc1. The van der Waals surface area contributed by atoms with E-state index in [1.807, 2.05) is 49.4 Å². The van der Waals surface area contributed by atoms with Gasteiger partial charge >= 0.3 is 0 Å². The number of amides is 2. The Morgan fingerprint density at radius 2 is 1.89 bits per heavy atom. The summed E-state index contributed by atoms with van der Waals surface area (Å²) in [5.41, 5.74) is 3.47. The predicted molar refractivity (Wildman–Crippen MR) is 110 cm³/mol. The van der Waals surface area contributed by atoms with E-state index in [-0.39, 0.29) is 17.9 Å². The van der Waals surface area contributed by atoms with Gasteiger partial charge in [-0.15, -0.1) is 0 Å². The van der Waals surface area contributed by atoms with Gasteiger partial charge < -0.3 is 10.6 Å². The van der Waals surface area contributed by atoms with Crippen LogP contribution in [0.15, 0.2) is 52.3 Å². The lowest BCUT2D eigenvalue weighted by molar-refractivity contribution is -0.112. The molecule has 4 nitrogen and oxygen atoms in total. The number of carbonyl (C=O) groups is 2. The average molecular weight is 378 g/mol. The van der Waals surface area contributed by atoms with Crippen molar-refractivity contribution in [3.63, 3.8) is 0 Å². The van der Waals surface area contributed by atoms with E-state index in [4.69, 9.17) is 0 Å². The maximum Gasteiger partial charge on any atom is 0.262 e. The lowest BCUT2D eigenvalue weighted by Crippen LogP contribution is -2.32. The molecular weight excluding hydrogens is 356 g/mol. The van der Waals surface area contributed by atoms with E-state index in [0.29, 0.717) is 16.2 Å². The number of fused-ring (bicyclic) bond motifs is 1. The molecule has 2 aromatic carbocycles. The van der Waals surface area contributed by atoms with Crippen molar-refractivity contribution in [3.05, 3.63) is 64.1 Å². The van der Waals surface area contributed by atoms with Gasteiger partial charge in [-0.25, -0.2) is 0 Å². The molecule has 1 aliphatic heterocycles. The Balaban J connectivity index is 1.52. The van der Waals surface area contributed by atoms with Crippen LogP contribution in [0.2, 0.25) is 0 Å². The summed E-state index contributed by atoms with van der Waals surface area (Å²) < 4.78 is 0. The van der Waals surface area contributed by atoms with Gasteiger partial charge in [-0.3, -0.25) is 9.59 Å². The second kappa shape index (κ2) is 7.61. The van der Waals surface area contributed by atoms with Gasteiger partial charge in [0.2, 0.25) is 0 Å². The third-order valence-corrected chi connectivity index (χ3v) is 6.10. The third-order valence-electron chi connectivity index (χ3n) is 5.00. The van der Waals surface area contributed by atoms with E-state index in [9.17, 15) is 9.59 Å². The minimum Gasteiger partial charge on any atom is -0.349 e. The third kappa shape index (κ3) is 4.08. The number of thioether (sulfide) groups is 1. The summed E-state index contributed by atoms with van der Waals surface area (Å²) in [5.74, 6) is -0.202. The fraction of sp³-hybridized carbons (Fsp3) is 0.273. The number of hydrogen-bond acceptors (Lipinski definition) is 3. The molecule has 0 saturated heterocycles. The van der Waals surface area contributed by atoms with E-state index in [2.05, 4.69) is 10.6 Å². The van der Waals surface area contributed by atoms with Crippen LogP contribution in [0.4, 0.5) is 5.69 Å². The first-order chi connectivity index (χ1) is 13.1. The quantitative estimate of drug-likeness (QED) is 0.758. The van der Waals surface area contributed by atoms with Gasteiger partial charge in [-0.05, 0) is 49.6 Å². The Morgan fingerprint density at radius 3 is 2.63 bits per heavy atom. The Morgan fingerprint density at radius 1 is 1.15 bits per heavy atom. The molecule has 1 fully saturated rings. The zero-order chi connectivity index (χ0) is 18.8. The van der Waals surface area contributed by atoms with Crippen molar-refractivity contribution in [2.45, 2.75) is 43.5 Å². The molecule has 138 valence electrons. The van der Waals surface area contributed by atoms with Crippen LogP contribution in [0.5, 0.6) is 0 Å². The van der Waals surface area contributed by atoms with Crippen LogP contribution in [0.3, 0.4) is 0 Å². The summed E-state index contributed by atoms with van der Waals surface area (Å²) in [6, 6.07) is 13.9. The lowest BCUT2D eigenvalue weighted by atomic mass is 10.1. The molecule has 0 radical (unpaired) electrons. The monoisotopic (exact) mass is 378 g/mol. The molecule has 0 spiro atoms. The first-order valence-corrected chi connectivity index (χ1v) is 10.1. The van der Waals surface area contributed by atoms with Crippen molar-refractivity contribution in [2.75, 3.05) is 5.32 Å². The van der Waals surface area contributed by atoms with E-state index in [1.54, 1.807) is 6.07 Å².